The topological polar surface area (TPSA) is 48.1 Å². The van der Waals surface area contributed by atoms with Crippen LogP contribution in [0.2, 0.25) is 0 Å². The summed E-state index contributed by atoms with van der Waals surface area (Å²) in [6.45, 7) is 8.03. The van der Waals surface area contributed by atoms with Crippen molar-refractivity contribution in [2.45, 2.75) is 38.8 Å². The number of halogens is 1. The number of benzene rings is 2. The summed E-state index contributed by atoms with van der Waals surface area (Å²) in [6.07, 6.45) is 3.41. The monoisotopic (exact) mass is 468 g/mol. The molecule has 7 heteroatoms. The van der Waals surface area contributed by atoms with Gasteiger partial charge in [-0.15, -0.1) is 0 Å². The number of anilines is 1. The molecule has 2 heterocycles. The van der Waals surface area contributed by atoms with Crippen LogP contribution in [0.15, 0.2) is 48.5 Å². The van der Waals surface area contributed by atoms with Gasteiger partial charge in [0.05, 0.1) is 7.11 Å². The Bertz CT molecular complexity index is 933. The van der Waals surface area contributed by atoms with Crippen molar-refractivity contribution in [3.63, 3.8) is 0 Å². The van der Waals surface area contributed by atoms with Gasteiger partial charge in [0.1, 0.15) is 0 Å². The number of hydrogen-bond acceptors (Lipinski definition) is 4. The second-order valence-electron chi connectivity index (χ2n) is 9.53. The van der Waals surface area contributed by atoms with Crippen molar-refractivity contribution in [2.24, 2.45) is 5.92 Å². The van der Waals surface area contributed by atoms with E-state index in [1.807, 2.05) is 17.9 Å². The highest BCUT2D eigenvalue weighted by atomic mass is 19.1. The minimum Gasteiger partial charge on any atom is -0.494 e. The van der Waals surface area contributed by atoms with Gasteiger partial charge in [-0.05, 0) is 62.9 Å². The third-order valence-corrected chi connectivity index (χ3v) is 7.17. The van der Waals surface area contributed by atoms with Gasteiger partial charge in [-0.25, -0.2) is 9.18 Å². The summed E-state index contributed by atoms with van der Waals surface area (Å²) in [5.74, 6) is 0.557. The second-order valence-corrected chi connectivity index (χ2v) is 9.53. The number of nitrogens with zero attached hydrogens (tertiary/aromatic N) is 3. The first-order valence-electron chi connectivity index (χ1n) is 12.4. The van der Waals surface area contributed by atoms with E-state index in [1.165, 1.54) is 31.6 Å². The predicted molar refractivity (Wildman–Crippen MR) is 134 cm³/mol. The van der Waals surface area contributed by atoms with E-state index in [9.17, 15) is 9.18 Å². The van der Waals surface area contributed by atoms with Gasteiger partial charge in [0, 0.05) is 50.5 Å². The molecule has 0 spiro atoms. The van der Waals surface area contributed by atoms with E-state index in [1.54, 1.807) is 6.07 Å². The number of methoxy groups -OCH3 is 1. The van der Waals surface area contributed by atoms with Crippen molar-refractivity contribution in [3.8, 4) is 5.75 Å². The third-order valence-electron chi connectivity index (χ3n) is 7.17. The SMILES string of the molecule is COc1ccc(N2CCN(C(=O)NCCC3CCN(Cc4ccccc4)CC3)[C@H](C)C2)cc1F. The maximum absolute atomic E-state index is 14.1. The van der Waals surface area contributed by atoms with Gasteiger partial charge >= 0.3 is 6.03 Å². The molecule has 2 fully saturated rings. The van der Waals surface area contributed by atoms with Crippen LogP contribution < -0.4 is 15.0 Å². The molecular weight excluding hydrogens is 431 g/mol. The van der Waals surface area contributed by atoms with Gasteiger partial charge in [0.2, 0.25) is 0 Å². The van der Waals surface area contributed by atoms with E-state index in [0.717, 1.165) is 38.3 Å². The fraction of sp³-hybridized carbons (Fsp3) is 0.519. The molecule has 2 aliphatic heterocycles. The molecule has 0 unspecified atom stereocenters. The number of carbonyl (C=O) groups is 1. The Morgan fingerprint density at radius 2 is 1.85 bits per heavy atom. The summed E-state index contributed by atoms with van der Waals surface area (Å²) < 4.78 is 19.1. The van der Waals surface area contributed by atoms with Crippen LogP contribution in [0.4, 0.5) is 14.9 Å². The first-order chi connectivity index (χ1) is 16.5. The number of piperazine rings is 1. The Kier molecular flexibility index (Phi) is 8.27. The van der Waals surface area contributed by atoms with Crippen LogP contribution in [0.3, 0.4) is 0 Å². The lowest BCUT2D eigenvalue weighted by atomic mass is 9.93. The van der Waals surface area contributed by atoms with Gasteiger partial charge in [-0.2, -0.15) is 0 Å². The number of amides is 2. The van der Waals surface area contributed by atoms with Crippen LogP contribution in [0.25, 0.3) is 0 Å². The Labute approximate surface area is 202 Å². The Morgan fingerprint density at radius 3 is 2.53 bits per heavy atom. The highest BCUT2D eigenvalue weighted by molar-refractivity contribution is 5.75. The van der Waals surface area contributed by atoms with E-state index in [-0.39, 0.29) is 23.6 Å². The molecule has 2 aromatic rings. The molecule has 6 nitrogen and oxygen atoms in total. The lowest BCUT2D eigenvalue weighted by Gasteiger charge is -2.41. The minimum absolute atomic E-state index is 0.00887. The van der Waals surface area contributed by atoms with Crippen LogP contribution in [0.1, 0.15) is 31.7 Å². The van der Waals surface area contributed by atoms with Crippen LogP contribution in [-0.4, -0.2) is 68.3 Å². The zero-order valence-electron chi connectivity index (χ0n) is 20.4. The number of ether oxygens (including phenoxy) is 1. The molecule has 34 heavy (non-hydrogen) atoms. The average Bonchev–Trinajstić information content (AvgIpc) is 2.85. The lowest BCUT2D eigenvalue weighted by molar-refractivity contribution is 0.162. The lowest BCUT2D eigenvalue weighted by Crippen LogP contribution is -2.56. The molecule has 0 saturated carbocycles. The molecule has 2 amide bonds. The summed E-state index contributed by atoms with van der Waals surface area (Å²) in [4.78, 5) is 19.4. The Hall–Kier alpha value is -2.80. The van der Waals surface area contributed by atoms with Crippen LogP contribution in [0.5, 0.6) is 5.75 Å². The summed E-state index contributed by atoms with van der Waals surface area (Å²) in [7, 11) is 1.46. The zero-order valence-corrected chi connectivity index (χ0v) is 20.4. The molecule has 4 rings (SSSR count). The smallest absolute Gasteiger partial charge is 0.317 e. The van der Waals surface area contributed by atoms with Crippen molar-refractivity contribution in [3.05, 3.63) is 59.9 Å². The number of rotatable bonds is 7. The van der Waals surface area contributed by atoms with Crippen LogP contribution >= 0.6 is 0 Å². The fourth-order valence-electron chi connectivity index (χ4n) is 5.11. The number of nitrogens with one attached hydrogen (secondary N) is 1. The molecule has 2 saturated heterocycles. The predicted octanol–water partition coefficient (Wildman–Crippen LogP) is 4.36. The number of hydrogen-bond donors (Lipinski definition) is 1. The number of urea groups is 1. The third kappa shape index (κ3) is 6.20. The van der Waals surface area contributed by atoms with E-state index in [2.05, 4.69) is 45.4 Å². The summed E-state index contributed by atoms with van der Waals surface area (Å²) >= 11 is 0. The van der Waals surface area contributed by atoms with Gasteiger partial charge in [-0.1, -0.05) is 30.3 Å². The van der Waals surface area contributed by atoms with E-state index in [0.29, 0.717) is 25.6 Å². The maximum atomic E-state index is 14.1. The Morgan fingerprint density at radius 1 is 1.09 bits per heavy atom. The van der Waals surface area contributed by atoms with Crippen molar-refractivity contribution in [2.75, 3.05) is 51.3 Å². The molecule has 1 N–H and O–H groups in total. The van der Waals surface area contributed by atoms with Crippen molar-refractivity contribution in [1.82, 2.24) is 15.1 Å². The molecule has 0 radical (unpaired) electrons. The molecule has 0 bridgehead atoms. The average molecular weight is 469 g/mol. The van der Waals surface area contributed by atoms with Gasteiger partial charge in [-0.3, -0.25) is 4.90 Å². The molecule has 2 aromatic carbocycles. The number of carbonyl (C=O) groups excluding carboxylic acids is 1. The van der Waals surface area contributed by atoms with Gasteiger partial charge < -0.3 is 19.9 Å². The van der Waals surface area contributed by atoms with E-state index in [4.69, 9.17) is 4.74 Å². The summed E-state index contributed by atoms with van der Waals surface area (Å²) in [5.41, 5.74) is 2.20. The molecule has 0 aliphatic carbocycles. The molecular formula is C27H37FN4O2. The summed E-state index contributed by atoms with van der Waals surface area (Å²) in [5, 5.41) is 3.14. The van der Waals surface area contributed by atoms with Gasteiger partial charge in [0.25, 0.3) is 0 Å². The molecule has 184 valence electrons. The normalized spacial score (nSPS) is 19.8. The fourth-order valence-corrected chi connectivity index (χ4v) is 5.11. The Balaban J connectivity index is 1.16. The summed E-state index contributed by atoms with van der Waals surface area (Å²) in [6, 6.07) is 15.7. The highest BCUT2D eigenvalue weighted by Crippen LogP contribution is 2.26. The van der Waals surface area contributed by atoms with Crippen molar-refractivity contribution < 1.29 is 13.9 Å². The number of likely N-dealkylation sites (tertiary alicyclic amines) is 1. The van der Waals surface area contributed by atoms with Crippen LogP contribution in [0, 0.1) is 11.7 Å². The quantitative estimate of drug-likeness (QED) is 0.656. The standard InChI is InChI=1S/C27H37FN4O2/c1-21-19-31(24-8-9-26(34-2)25(28)18-24)16-17-32(21)27(33)29-13-10-22-11-14-30(15-12-22)20-23-6-4-3-5-7-23/h3-9,18,21-22H,10-17,19-20H2,1-2H3,(H,29,33)/t21-/m1/s1. The first kappa shape index (κ1) is 24.3. The largest absolute Gasteiger partial charge is 0.494 e. The highest BCUT2D eigenvalue weighted by Gasteiger charge is 2.28. The number of piperidine rings is 1. The van der Waals surface area contributed by atoms with Crippen molar-refractivity contribution in [1.29, 1.82) is 0 Å². The molecule has 1 atom stereocenters. The molecule has 0 aromatic heterocycles. The van der Waals surface area contributed by atoms with Crippen molar-refractivity contribution >= 4 is 11.7 Å². The van der Waals surface area contributed by atoms with E-state index < -0.39 is 0 Å². The molecule has 2 aliphatic rings. The first-order valence-corrected chi connectivity index (χ1v) is 12.4. The maximum Gasteiger partial charge on any atom is 0.317 e. The second kappa shape index (κ2) is 11.6. The van der Waals surface area contributed by atoms with E-state index >= 15 is 0 Å². The minimum atomic E-state index is -0.362. The van der Waals surface area contributed by atoms with Gasteiger partial charge in [0.15, 0.2) is 11.6 Å². The zero-order chi connectivity index (χ0) is 23.9. The van der Waals surface area contributed by atoms with Crippen LogP contribution in [-0.2, 0) is 6.54 Å².